The van der Waals surface area contributed by atoms with Crippen molar-refractivity contribution in [3.05, 3.63) is 24.3 Å². The molecule has 3 aliphatic heterocycles. The standard InChI is InChI=1S/C21H28N4O3/c1-22(2)15-7-9-16(10-8-15)25-20(27)13-18(21(25)28)23-11-3-5-17(14-23)24-12-4-6-19(24)26/h7-10,17-18H,3-6,11-14H2,1-2H3/t17-,18-/m0/s1. The van der Waals surface area contributed by atoms with Crippen LogP contribution in [0.25, 0.3) is 0 Å². The fourth-order valence-corrected chi connectivity index (χ4v) is 4.65. The van der Waals surface area contributed by atoms with Crippen LogP contribution in [-0.2, 0) is 14.4 Å². The maximum Gasteiger partial charge on any atom is 0.251 e. The summed E-state index contributed by atoms with van der Waals surface area (Å²) in [5.74, 6) is -0.0636. The number of amides is 3. The van der Waals surface area contributed by atoms with Gasteiger partial charge in [-0.25, -0.2) is 4.90 Å². The van der Waals surface area contributed by atoms with E-state index < -0.39 is 6.04 Å². The topological polar surface area (TPSA) is 64.2 Å². The summed E-state index contributed by atoms with van der Waals surface area (Å²) < 4.78 is 0. The van der Waals surface area contributed by atoms with Crippen LogP contribution < -0.4 is 9.80 Å². The molecule has 3 aliphatic rings. The number of imide groups is 1. The molecule has 0 radical (unpaired) electrons. The summed E-state index contributed by atoms with van der Waals surface area (Å²) in [6.45, 7) is 2.30. The number of nitrogens with zero attached hydrogens (tertiary/aromatic N) is 4. The molecule has 7 nitrogen and oxygen atoms in total. The van der Waals surface area contributed by atoms with E-state index in [0.717, 1.165) is 38.0 Å². The van der Waals surface area contributed by atoms with Crippen molar-refractivity contribution < 1.29 is 14.4 Å². The lowest BCUT2D eigenvalue weighted by molar-refractivity contribution is -0.131. The van der Waals surface area contributed by atoms with Gasteiger partial charge in [0.05, 0.1) is 18.2 Å². The molecule has 0 spiro atoms. The van der Waals surface area contributed by atoms with Crippen molar-refractivity contribution in [1.82, 2.24) is 9.80 Å². The number of hydrogen-bond acceptors (Lipinski definition) is 5. The van der Waals surface area contributed by atoms with Gasteiger partial charge in [0, 0.05) is 45.3 Å². The van der Waals surface area contributed by atoms with Crippen LogP contribution >= 0.6 is 0 Å². The number of likely N-dealkylation sites (tertiary alicyclic amines) is 2. The van der Waals surface area contributed by atoms with Crippen LogP contribution in [0.4, 0.5) is 11.4 Å². The SMILES string of the molecule is CN(C)c1ccc(N2C(=O)C[C@H](N3CCC[C@H](N4CCCC4=O)C3)C2=O)cc1. The third-order valence-electron chi connectivity index (χ3n) is 6.17. The van der Waals surface area contributed by atoms with Crippen molar-refractivity contribution in [2.24, 2.45) is 0 Å². The van der Waals surface area contributed by atoms with E-state index in [0.29, 0.717) is 18.7 Å². The second-order valence-corrected chi connectivity index (χ2v) is 8.18. The molecule has 28 heavy (non-hydrogen) atoms. The third-order valence-corrected chi connectivity index (χ3v) is 6.17. The van der Waals surface area contributed by atoms with Gasteiger partial charge in [-0.05, 0) is 50.1 Å². The fraction of sp³-hybridized carbons (Fsp3) is 0.571. The van der Waals surface area contributed by atoms with E-state index in [1.54, 1.807) is 0 Å². The first-order valence-electron chi connectivity index (χ1n) is 10.1. The predicted octanol–water partition coefficient (Wildman–Crippen LogP) is 1.47. The quantitative estimate of drug-likeness (QED) is 0.736. The number of hydrogen-bond donors (Lipinski definition) is 0. The lowest BCUT2D eigenvalue weighted by atomic mass is 10.0. The Kier molecular flexibility index (Phi) is 5.10. The molecular formula is C21H28N4O3. The second kappa shape index (κ2) is 7.54. The fourth-order valence-electron chi connectivity index (χ4n) is 4.65. The summed E-state index contributed by atoms with van der Waals surface area (Å²) in [7, 11) is 3.91. The van der Waals surface area contributed by atoms with Crippen molar-refractivity contribution in [3.63, 3.8) is 0 Å². The zero-order chi connectivity index (χ0) is 19.8. The molecule has 3 fully saturated rings. The highest BCUT2D eigenvalue weighted by molar-refractivity contribution is 6.22. The summed E-state index contributed by atoms with van der Waals surface area (Å²) in [5, 5.41) is 0. The molecule has 1 aromatic rings. The lowest BCUT2D eigenvalue weighted by Crippen LogP contribution is -2.53. The minimum absolute atomic E-state index is 0.143. The van der Waals surface area contributed by atoms with Crippen molar-refractivity contribution >= 4 is 29.1 Å². The molecule has 150 valence electrons. The van der Waals surface area contributed by atoms with Gasteiger partial charge in [0.1, 0.15) is 0 Å². The molecule has 0 bridgehead atoms. The molecular weight excluding hydrogens is 356 g/mol. The largest absolute Gasteiger partial charge is 0.378 e. The van der Waals surface area contributed by atoms with Crippen molar-refractivity contribution in [2.75, 3.05) is 43.5 Å². The van der Waals surface area contributed by atoms with Gasteiger partial charge in [-0.1, -0.05) is 0 Å². The summed E-state index contributed by atoms with van der Waals surface area (Å²) in [6.07, 6.45) is 3.70. The zero-order valence-corrected chi connectivity index (χ0v) is 16.6. The van der Waals surface area contributed by atoms with E-state index in [-0.39, 0.29) is 30.2 Å². The Bertz CT molecular complexity index is 776. The molecule has 3 amide bonds. The Morgan fingerprint density at radius 3 is 2.36 bits per heavy atom. The molecule has 1 aromatic carbocycles. The Morgan fingerprint density at radius 2 is 1.71 bits per heavy atom. The van der Waals surface area contributed by atoms with Crippen LogP contribution in [0.15, 0.2) is 24.3 Å². The van der Waals surface area contributed by atoms with Gasteiger partial charge < -0.3 is 9.80 Å². The van der Waals surface area contributed by atoms with Crippen molar-refractivity contribution in [3.8, 4) is 0 Å². The number of rotatable bonds is 4. The summed E-state index contributed by atoms with van der Waals surface area (Å²) in [6, 6.07) is 7.24. The Labute approximate surface area is 165 Å². The van der Waals surface area contributed by atoms with Crippen LogP contribution in [-0.4, -0.2) is 73.3 Å². The molecule has 0 aromatic heterocycles. The number of piperidine rings is 1. The molecule has 0 N–H and O–H groups in total. The van der Waals surface area contributed by atoms with E-state index in [1.165, 1.54) is 4.90 Å². The van der Waals surface area contributed by atoms with Gasteiger partial charge in [0.25, 0.3) is 5.91 Å². The molecule has 3 saturated heterocycles. The van der Waals surface area contributed by atoms with E-state index in [4.69, 9.17) is 0 Å². The van der Waals surface area contributed by atoms with Crippen molar-refractivity contribution in [1.29, 1.82) is 0 Å². The van der Waals surface area contributed by atoms with E-state index in [9.17, 15) is 14.4 Å². The first-order chi connectivity index (χ1) is 13.5. The molecule has 7 heteroatoms. The molecule has 0 saturated carbocycles. The highest BCUT2D eigenvalue weighted by atomic mass is 16.2. The van der Waals surface area contributed by atoms with Gasteiger partial charge in [0.2, 0.25) is 11.8 Å². The summed E-state index contributed by atoms with van der Waals surface area (Å²) in [4.78, 5) is 45.3. The Morgan fingerprint density at radius 1 is 0.964 bits per heavy atom. The van der Waals surface area contributed by atoms with Crippen molar-refractivity contribution in [2.45, 2.75) is 44.2 Å². The third kappa shape index (κ3) is 3.39. The van der Waals surface area contributed by atoms with Crippen LogP contribution in [0.3, 0.4) is 0 Å². The first kappa shape index (κ1) is 18.9. The first-order valence-corrected chi connectivity index (χ1v) is 10.1. The molecule has 0 unspecified atom stereocenters. The number of carbonyl (C=O) groups excluding carboxylic acids is 3. The number of benzene rings is 1. The monoisotopic (exact) mass is 384 g/mol. The average Bonchev–Trinajstić information content (AvgIpc) is 3.24. The summed E-state index contributed by atoms with van der Waals surface area (Å²) in [5.41, 5.74) is 1.65. The van der Waals surface area contributed by atoms with Gasteiger partial charge >= 0.3 is 0 Å². The minimum atomic E-state index is -0.415. The van der Waals surface area contributed by atoms with Crippen LogP contribution in [0.1, 0.15) is 32.1 Å². The highest BCUT2D eigenvalue weighted by Crippen LogP contribution is 2.30. The van der Waals surface area contributed by atoms with E-state index in [1.807, 2.05) is 48.2 Å². The highest BCUT2D eigenvalue weighted by Gasteiger charge is 2.44. The van der Waals surface area contributed by atoms with Gasteiger partial charge in [-0.15, -0.1) is 0 Å². The Hall–Kier alpha value is -2.41. The normalized spacial score (nSPS) is 26.4. The van der Waals surface area contributed by atoms with Gasteiger partial charge in [0.15, 0.2) is 0 Å². The number of anilines is 2. The van der Waals surface area contributed by atoms with Gasteiger partial charge in [-0.2, -0.15) is 0 Å². The minimum Gasteiger partial charge on any atom is -0.378 e. The maximum absolute atomic E-state index is 13.1. The Balaban J connectivity index is 1.48. The predicted molar refractivity (Wildman–Crippen MR) is 107 cm³/mol. The van der Waals surface area contributed by atoms with E-state index in [2.05, 4.69) is 4.90 Å². The van der Waals surface area contributed by atoms with Crippen LogP contribution in [0.2, 0.25) is 0 Å². The smallest absolute Gasteiger partial charge is 0.251 e. The number of carbonyl (C=O) groups is 3. The summed E-state index contributed by atoms with van der Waals surface area (Å²) >= 11 is 0. The van der Waals surface area contributed by atoms with Crippen LogP contribution in [0.5, 0.6) is 0 Å². The second-order valence-electron chi connectivity index (χ2n) is 8.18. The molecule has 2 atom stereocenters. The maximum atomic E-state index is 13.1. The molecule has 3 heterocycles. The average molecular weight is 384 g/mol. The zero-order valence-electron chi connectivity index (χ0n) is 16.6. The van der Waals surface area contributed by atoms with E-state index >= 15 is 0 Å². The molecule has 4 rings (SSSR count). The van der Waals surface area contributed by atoms with Crippen LogP contribution in [0, 0.1) is 0 Å². The van der Waals surface area contributed by atoms with Gasteiger partial charge in [-0.3, -0.25) is 19.3 Å². The lowest BCUT2D eigenvalue weighted by Gasteiger charge is -2.39. The molecule has 0 aliphatic carbocycles.